The average Bonchev–Trinajstić information content (AvgIpc) is 3.06. The predicted molar refractivity (Wildman–Crippen MR) is 108 cm³/mol. The zero-order valence-electron chi connectivity index (χ0n) is 15.6. The Hall–Kier alpha value is -2.88. The normalized spacial score (nSPS) is 13.0. The smallest absolute Gasteiger partial charge is 0.232 e. The Morgan fingerprint density at radius 2 is 1.85 bits per heavy atom. The second kappa shape index (κ2) is 6.79. The van der Waals surface area contributed by atoms with Crippen molar-refractivity contribution in [3.05, 3.63) is 71.4 Å². The molecule has 4 heteroatoms. The molecule has 1 aliphatic rings. The van der Waals surface area contributed by atoms with Gasteiger partial charge in [-0.2, -0.15) is 4.98 Å². The molecule has 0 spiro atoms. The Morgan fingerprint density at radius 1 is 1.00 bits per heavy atom. The van der Waals surface area contributed by atoms with Gasteiger partial charge < -0.3 is 9.80 Å². The first-order valence-electron chi connectivity index (χ1n) is 9.21. The van der Waals surface area contributed by atoms with Gasteiger partial charge in [0, 0.05) is 36.2 Å². The molecule has 1 aliphatic heterocycles. The van der Waals surface area contributed by atoms with Crippen LogP contribution in [0.15, 0.2) is 54.6 Å². The molecule has 0 N–H and O–H groups in total. The lowest BCUT2D eigenvalue weighted by molar-refractivity contribution is 0.908. The minimum atomic E-state index is 0.762. The maximum absolute atomic E-state index is 4.93. The molecule has 132 valence electrons. The number of aromatic nitrogens is 2. The van der Waals surface area contributed by atoms with E-state index in [-0.39, 0.29) is 0 Å². The first-order valence-corrected chi connectivity index (χ1v) is 9.21. The highest BCUT2D eigenvalue weighted by Crippen LogP contribution is 2.34. The summed E-state index contributed by atoms with van der Waals surface area (Å²) in [6.45, 7) is 8.08. The molecule has 0 unspecified atom stereocenters. The lowest BCUT2D eigenvalue weighted by Crippen LogP contribution is -2.22. The highest BCUT2D eigenvalue weighted by atomic mass is 15.3. The van der Waals surface area contributed by atoms with E-state index >= 15 is 0 Å². The van der Waals surface area contributed by atoms with Gasteiger partial charge in [-0.05, 0) is 56.5 Å². The van der Waals surface area contributed by atoms with Crippen molar-refractivity contribution in [2.24, 2.45) is 0 Å². The molecule has 3 aromatic rings. The summed E-state index contributed by atoms with van der Waals surface area (Å²) in [6.07, 6.45) is 1.06. The van der Waals surface area contributed by atoms with Gasteiger partial charge in [0.15, 0.2) is 0 Å². The zero-order valence-corrected chi connectivity index (χ0v) is 15.6. The molecule has 26 heavy (non-hydrogen) atoms. The molecule has 0 atom stereocenters. The van der Waals surface area contributed by atoms with E-state index < -0.39 is 0 Å². The maximum atomic E-state index is 4.93. The van der Waals surface area contributed by atoms with Gasteiger partial charge in [0.25, 0.3) is 0 Å². The number of anilines is 4. The summed E-state index contributed by atoms with van der Waals surface area (Å²) in [5.41, 5.74) is 6.00. The lowest BCUT2D eigenvalue weighted by atomic mass is 10.2. The second-order valence-corrected chi connectivity index (χ2v) is 6.78. The van der Waals surface area contributed by atoms with Crippen LogP contribution in [-0.2, 0) is 6.42 Å². The molecule has 0 saturated carbocycles. The van der Waals surface area contributed by atoms with Crippen molar-refractivity contribution < 1.29 is 0 Å². The Labute approximate surface area is 155 Å². The van der Waals surface area contributed by atoms with Gasteiger partial charge in [-0.15, -0.1) is 0 Å². The molecule has 0 bridgehead atoms. The van der Waals surface area contributed by atoms with Crippen molar-refractivity contribution in [3.63, 3.8) is 0 Å². The van der Waals surface area contributed by atoms with Crippen LogP contribution in [0.2, 0.25) is 0 Å². The first kappa shape index (κ1) is 16.6. The molecule has 0 saturated heterocycles. The third-order valence-electron chi connectivity index (χ3n) is 4.86. The number of hydrogen-bond donors (Lipinski definition) is 0. The van der Waals surface area contributed by atoms with Gasteiger partial charge in [-0.3, -0.25) is 0 Å². The van der Waals surface area contributed by atoms with Crippen LogP contribution in [0.4, 0.5) is 23.1 Å². The van der Waals surface area contributed by atoms with E-state index in [4.69, 9.17) is 9.97 Å². The molecule has 0 aliphatic carbocycles. The number of para-hydroxylation sites is 1. The summed E-state index contributed by atoms with van der Waals surface area (Å²) in [7, 11) is 0. The third kappa shape index (κ3) is 3.03. The SMILES string of the molecule is CCN(c1cccc(C)c1)c1nc(C)cc(N2CCc3ccccc32)n1. The summed E-state index contributed by atoms with van der Waals surface area (Å²) in [6, 6.07) is 19.2. The van der Waals surface area contributed by atoms with E-state index in [0.29, 0.717) is 0 Å². The molecule has 0 fully saturated rings. The highest BCUT2D eigenvalue weighted by Gasteiger charge is 2.22. The van der Waals surface area contributed by atoms with Gasteiger partial charge in [0.1, 0.15) is 5.82 Å². The van der Waals surface area contributed by atoms with Crippen molar-refractivity contribution in [2.45, 2.75) is 27.2 Å². The zero-order chi connectivity index (χ0) is 18.1. The standard InChI is InChI=1S/C22H24N4/c1-4-25(19-10-7-8-16(2)14-19)22-23-17(3)15-21(24-22)26-13-12-18-9-5-6-11-20(18)26/h5-11,14-15H,4,12-13H2,1-3H3. The Bertz CT molecular complexity index is 935. The second-order valence-electron chi connectivity index (χ2n) is 6.78. The van der Waals surface area contributed by atoms with E-state index in [9.17, 15) is 0 Å². The number of benzene rings is 2. The Balaban J connectivity index is 1.75. The minimum absolute atomic E-state index is 0.762. The predicted octanol–water partition coefficient (Wildman–Crippen LogP) is 4.95. The van der Waals surface area contributed by atoms with Crippen LogP contribution in [-0.4, -0.2) is 23.1 Å². The molecule has 4 nitrogen and oxygen atoms in total. The van der Waals surface area contributed by atoms with Crippen molar-refractivity contribution >= 4 is 23.1 Å². The summed E-state index contributed by atoms with van der Waals surface area (Å²) < 4.78 is 0. The quantitative estimate of drug-likeness (QED) is 0.670. The van der Waals surface area contributed by atoms with Crippen LogP contribution in [0.5, 0.6) is 0 Å². The summed E-state index contributed by atoms with van der Waals surface area (Å²) in [4.78, 5) is 14.1. The van der Waals surface area contributed by atoms with Crippen LogP contribution in [0.25, 0.3) is 0 Å². The fourth-order valence-corrected chi connectivity index (χ4v) is 3.61. The van der Waals surface area contributed by atoms with E-state index in [1.165, 1.54) is 16.8 Å². The Morgan fingerprint density at radius 3 is 2.65 bits per heavy atom. The van der Waals surface area contributed by atoms with E-state index in [0.717, 1.165) is 42.7 Å². The van der Waals surface area contributed by atoms with Crippen LogP contribution < -0.4 is 9.80 Å². The van der Waals surface area contributed by atoms with Crippen molar-refractivity contribution in [2.75, 3.05) is 22.9 Å². The monoisotopic (exact) mass is 344 g/mol. The van der Waals surface area contributed by atoms with Crippen molar-refractivity contribution in [1.82, 2.24) is 9.97 Å². The topological polar surface area (TPSA) is 32.3 Å². The van der Waals surface area contributed by atoms with Crippen LogP contribution in [0.1, 0.15) is 23.7 Å². The fraction of sp³-hybridized carbons (Fsp3) is 0.273. The van der Waals surface area contributed by atoms with Gasteiger partial charge in [-0.1, -0.05) is 30.3 Å². The molecule has 2 aromatic carbocycles. The molecule has 1 aromatic heterocycles. The number of aryl methyl sites for hydroxylation is 2. The molecule has 2 heterocycles. The molecular formula is C22H24N4. The number of nitrogens with zero attached hydrogens (tertiary/aromatic N) is 4. The molecular weight excluding hydrogens is 320 g/mol. The van der Waals surface area contributed by atoms with E-state index in [1.807, 2.05) is 6.92 Å². The fourth-order valence-electron chi connectivity index (χ4n) is 3.61. The summed E-state index contributed by atoms with van der Waals surface area (Å²) in [5, 5.41) is 0. The minimum Gasteiger partial charge on any atom is -0.326 e. The number of hydrogen-bond acceptors (Lipinski definition) is 4. The van der Waals surface area contributed by atoms with E-state index in [2.05, 4.69) is 78.2 Å². The van der Waals surface area contributed by atoms with Crippen LogP contribution >= 0.6 is 0 Å². The van der Waals surface area contributed by atoms with Gasteiger partial charge in [-0.25, -0.2) is 4.98 Å². The Kier molecular flexibility index (Phi) is 4.33. The summed E-state index contributed by atoms with van der Waals surface area (Å²) in [5.74, 6) is 1.74. The average molecular weight is 344 g/mol. The van der Waals surface area contributed by atoms with E-state index in [1.54, 1.807) is 0 Å². The maximum Gasteiger partial charge on any atom is 0.232 e. The highest BCUT2D eigenvalue weighted by molar-refractivity contribution is 5.69. The van der Waals surface area contributed by atoms with Gasteiger partial charge in [0.2, 0.25) is 5.95 Å². The van der Waals surface area contributed by atoms with Crippen molar-refractivity contribution in [3.8, 4) is 0 Å². The lowest BCUT2D eigenvalue weighted by Gasteiger charge is -2.25. The number of rotatable bonds is 4. The van der Waals surface area contributed by atoms with Gasteiger partial charge >= 0.3 is 0 Å². The van der Waals surface area contributed by atoms with Gasteiger partial charge in [0.05, 0.1) is 0 Å². The molecule has 0 radical (unpaired) electrons. The van der Waals surface area contributed by atoms with Crippen LogP contribution in [0.3, 0.4) is 0 Å². The molecule has 0 amide bonds. The first-order chi connectivity index (χ1) is 12.7. The molecule has 4 rings (SSSR count). The van der Waals surface area contributed by atoms with Crippen LogP contribution in [0, 0.1) is 13.8 Å². The summed E-state index contributed by atoms with van der Waals surface area (Å²) >= 11 is 0. The largest absolute Gasteiger partial charge is 0.326 e. The third-order valence-corrected chi connectivity index (χ3v) is 4.86. The number of fused-ring (bicyclic) bond motifs is 1. The van der Waals surface area contributed by atoms with Crippen molar-refractivity contribution in [1.29, 1.82) is 0 Å².